The number of benzene rings is 2. The highest BCUT2D eigenvalue weighted by Crippen LogP contribution is 2.32. The molecule has 0 spiro atoms. The summed E-state index contributed by atoms with van der Waals surface area (Å²) in [5.41, 5.74) is 3.26. The lowest BCUT2D eigenvalue weighted by Crippen LogP contribution is -2.50. The lowest BCUT2D eigenvalue weighted by atomic mass is 10.00. The fraction of sp³-hybridized carbons (Fsp3) is 0.286. The van der Waals surface area contributed by atoms with E-state index in [9.17, 15) is 9.59 Å². The second kappa shape index (κ2) is 11.1. The van der Waals surface area contributed by atoms with Gasteiger partial charge in [-0.25, -0.2) is 0 Å². The van der Waals surface area contributed by atoms with Crippen LogP contribution >= 0.6 is 11.6 Å². The summed E-state index contributed by atoms with van der Waals surface area (Å²) in [5, 5.41) is 16.2. The number of anilines is 1. The van der Waals surface area contributed by atoms with Crippen LogP contribution in [0.4, 0.5) is 5.69 Å². The van der Waals surface area contributed by atoms with E-state index in [2.05, 4.69) is 25.7 Å². The van der Waals surface area contributed by atoms with Crippen molar-refractivity contribution in [2.45, 2.75) is 52.7 Å². The molecule has 0 fully saturated rings. The summed E-state index contributed by atoms with van der Waals surface area (Å²) < 4.78 is 0. The molecule has 10 heteroatoms. The molecular weight excluding hydrogens is 502 g/mol. The van der Waals surface area contributed by atoms with Crippen LogP contribution < -0.4 is 10.2 Å². The minimum atomic E-state index is -0.954. The fourth-order valence-corrected chi connectivity index (χ4v) is 4.15. The van der Waals surface area contributed by atoms with Gasteiger partial charge < -0.3 is 5.32 Å². The molecule has 0 aliphatic carbocycles. The molecule has 0 saturated heterocycles. The first-order chi connectivity index (χ1) is 18.0. The predicted molar refractivity (Wildman–Crippen MR) is 147 cm³/mol. The molecule has 2 heterocycles. The summed E-state index contributed by atoms with van der Waals surface area (Å²) >= 11 is 5.99. The Morgan fingerprint density at radius 3 is 2.37 bits per heavy atom. The van der Waals surface area contributed by atoms with Crippen LogP contribution in [0.5, 0.6) is 0 Å². The Morgan fingerprint density at radius 1 is 1.03 bits per heavy atom. The SMILES string of the molecule is Cc1ccc(C)c(N(C(=O)Cn2nnc(-c3ccc(Cl)cc3)n2)[C@@H](C(=O)NC(C)(C)C)c2ccncc2)c1. The Balaban J connectivity index is 1.76. The number of nitrogens with one attached hydrogen (secondary N) is 1. The van der Waals surface area contributed by atoms with E-state index in [0.29, 0.717) is 22.1 Å². The molecule has 0 aliphatic rings. The van der Waals surface area contributed by atoms with Crippen LogP contribution in [0.3, 0.4) is 0 Å². The summed E-state index contributed by atoms with van der Waals surface area (Å²) in [6, 6.07) is 15.4. The Morgan fingerprint density at radius 2 is 1.71 bits per heavy atom. The van der Waals surface area contributed by atoms with Crippen LogP contribution in [0, 0.1) is 13.8 Å². The molecule has 0 unspecified atom stereocenters. The Hall–Kier alpha value is -4.11. The van der Waals surface area contributed by atoms with E-state index in [1.807, 2.05) is 52.8 Å². The minimum Gasteiger partial charge on any atom is -0.349 e. The Labute approximate surface area is 226 Å². The zero-order chi connectivity index (χ0) is 27.4. The van der Waals surface area contributed by atoms with Crippen molar-refractivity contribution in [3.8, 4) is 11.4 Å². The van der Waals surface area contributed by atoms with Crippen LogP contribution in [-0.2, 0) is 16.1 Å². The number of pyridine rings is 1. The average molecular weight is 532 g/mol. The highest BCUT2D eigenvalue weighted by Gasteiger charge is 2.35. The number of hydrogen-bond acceptors (Lipinski definition) is 6. The third kappa shape index (κ3) is 6.41. The molecule has 2 aromatic heterocycles. The topological polar surface area (TPSA) is 106 Å². The minimum absolute atomic E-state index is 0.224. The summed E-state index contributed by atoms with van der Waals surface area (Å²) in [7, 11) is 0. The van der Waals surface area contributed by atoms with Gasteiger partial charge in [-0.05, 0) is 99.0 Å². The molecule has 1 atom stereocenters. The average Bonchev–Trinajstić information content (AvgIpc) is 3.32. The maximum absolute atomic E-state index is 14.0. The van der Waals surface area contributed by atoms with Crippen LogP contribution in [-0.4, -0.2) is 42.5 Å². The van der Waals surface area contributed by atoms with Gasteiger partial charge >= 0.3 is 0 Å². The van der Waals surface area contributed by atoms with Gasteiger partial charge in [0.05, 0.1) is 0 Å². The van der Waals surface area contributed by atoms with Crippen molar-refractivity contribution < 1.29 is 9.59 Å². The first-order valence-electron chi connectivity index (χ1n) is 12.2. The molecule has 4 rings (SSSR count). The van der Waals surface area contributed by atoms with Gasteiger partial charge in [-0.3, -0.25) is 19.5 Å². The van der Waals surface area contributed by atoms with Crippen LogP contribution in [0.2, 0.25) is 5.02 Å². The highest BCUT2D eigenvalue weighted by atomic mass is 35.5. The van der Waals surface area contributed by atoms with Gasteiger partial charge in [0.1, 0.15) is 12.6 Å². The van der Waals surface area contributed by atoms with Crippen molar-refractivity contribution in [3.63, 3.8) is 0 Å². The van der Waals surface area contributed by atoms with Crippen LogP contribution in [0.25, 0.3) is 11.4 Å². The monoisotopic (exact) mass is 531 g/mol. The number of aromatic nitrogens is 5. The van der Waals surface area contributed by atoms with Gasteiger partial charge in [0.15, 0.2) is 0 Å². The summed E-state index contributed by atoms with van der Waals surface area (Å²) in [5.74, 6) is -0.320. The zero-order valence-corrected chi connectivity index (χ0v) is 22.8. The molecule has 0 bridgehead atoms. The summed E-state index contributed by atoms with van der Waals surface area (Å²) in [6.45, 7) is 9.33. The van der Waals surface area contributed by atoms with Crippen LogP contribution in [0.15, 0.2) is 67.0 Å². The molecule has 1 N–H and O–H groups in total. The third-order valence-corrected chi connectivity index (χ3v) is 6.00. The van der Waals surface area contributed by atoms with Crippen molar-refractivity contribution in [2.24, 2.45) is 0 Å². The maximum Gasteiger partial charge on any atom is 0.251 e. The van der Waals surface area contributed by atoms with Crippen LogP contribution in [0.1, 0.15) is 43.5 Å². The number of aryl methyl sites for hydroxylation is 2. The van der Waals surface area contributed by atoms with E-state index < -0.39 is 11.6 Å². The van der Waals surface area contributed by atoms with Crippen molar-refractivity contribution >= 4 is 29.1 Å². The van der Waals surface area contributed by atoms with Crippen molar-refractivity contribution in [3.05, 3.63) is 88.7 Å². The van der Waals surface area contributed by atoms with Crippen molar-refractivity contribution in [1.82, 2.24) is 30.5 Å². The maximum atomic E-state index is 14.0. The molecule has 0 radical (unpaired) electrons. The number of tetrazole rings is 1. The second-order valence-electron chi connectivity index (χ2n) is 10.1. The van der Waals surface area contributed by atoms with E-state index >= 15 is 0 Å². The number of carbonyl (C=O) groups excluding carboxylic acids is 2. The smallest absolute Gasteiger partial charge is 0.251 e. The highest BCUT2D eigenvalue weighted by molar-refractivity contribution is 6.30. The molecule has 4 aromatic rings. The molecule has 38 heavy (non-hydrogen) atoms. The third-order valence-electron chi connectivity index (χ3n) is 5.75. The standard InChI is InChI=1S/C28H30ClN7O2/c1-18-6-7-19(2)23(16-18)36(25(20-12-14-30-15-13-20)27(38)31-28(3,4)5)24(37)17-35-33-26(32-34-35)21-8-10-22(29)11-9-21/h6-16,25H,17H2,1-5H3,(H,31,38)/t25-/m1/s1. The zero-order valence-electron chi connectivity index (χ0n) is 22.0. The molecule has 2 amide bonds. The summed E-state index contributed by atoms with van der Waals surface area (Å²) in [6.07, 6.45) is 3.21. The van der Waals surface area contributed by atoms with E-state index in [1.54, 1.807) is 48.8 Å². The van der Waals surface area contributed by atoms with E-state index in [4.69, 9.17) is 11.6 Å². The number of hydrogen-bond donors (Lipinski definition) is 1. The number of nitrogens with zero attached hydrogens (tertiary/aromatic N) is 6. The Bertz CT molecular complexity index is 1430. The molecule has 2 aromatic carbocycles. The van der Waals surface area contributed by atoms with Gasteiger partial charge in [-0.2, -0.15) is 4.80 Å². The van der Waals surface area contributed by atoms with Gasteiger partial charge in [-0.15, -0.1) is 10.2 Å². The Kier molecular flexibility index (Phi) is 7.87. The normalized spacial score (nSPS) is 12.2. The number of amides is 2. The summed E-state index contributed by atoms with van der Waals surface area (Å²) in [4.78, 5) is 34.6. The van der Waals surface area contributed by atoms with Gasteiger partial charge in [-0.1, -0.05) is 23.7 Å². The largest absolute Gasteiger partial charge is 0.349 e. The number of carbonyl (C=O) groups is 2. The molecular formula is C28H30ClN7O2. The van der Waals surface area contributed by atoms with Gasteiger partial charge in [0, 0.05) is 34.2 Å². The van der Waals surface area contributed by atoms with E-state index in [0.717, 1.165) is 16.7 Å². The second-order valence-corrected chi connectivity index (χ2v) is 10.6. The van der Waals surface area contributed by atoms with Crippen molar-refractivity contribution in [2.75, 3.05) is 4.90 Å². The molecule has 196 valence electrons. The molecule has 9 nitrogen and oxygen atoms in total. The van der Waals surface area contributed by atoms with Crippen molar-refractivity contribution in [1.29, 1.82) is 0 Å². The fourth-order valence-electron chi connectivity index (χ4n) is 4.02. The number of halogens is 1. The quantitative estimate of drug-likeness (QED) is 0.370. The van der Waals surface area contributed by atoms with Gasteiger partial charge in [0.2, 0.25) is 11.7 Å². The first kappa shape index (κ1) is 26.9. The number of rotatable bonds is 7. The van der Waals surface area contributed by atoms with Gasteiger partial charge in [0.25, 0.3) is 5.91 Å². The lowest BCUT2D eigenvalue weighted by Gasteiger charge is -2.34. The molecule has 0 aliphatic heterocycles. The van der Waals surface area contributed by atoms with E-state index in [1.165, 1.54) is 9.70 Å². The first-order valence-corrected chi connectivity index (χ1v) is 12.5. The van der Waals surface area contributed by atoms with E-state index in [-0.39, 0.29) is 18.4 Å². The predicted octanol–water partition coefficient (Wildman–Crippen LogP) is 4.69. The lowest BCUT2D eigenvalue weighted by molar-refractivity contribution is -0.128. The molecule has 0 saturated carbocycles.